The molecule has 2 aromatic heterocycles. The van der Waals surface area contributed by atoms with Gasteiger partial charge in [-0.2, -0.15) is 0 Å². The number of anilines is 2. The van der Waals surface area contributed by atoms with Gasteiger partial charge in [0.25, 0.3) is 0 Å². The summed E-state index contributed by atoms with van der Waals surface area (Å²) in [6, 6.07) is 10.7. The minimum absolute atomic E-state index is 0.0738. The number of nitrogens with one attached hydrogen (secondary N) is 2. The fourth-order valence-corrected chi connectivity index (χ4v) is 3.36. The molecular formula is C20H23N5O3S. The molecule has 8 nitrogen and oxygen atoms in total. The molecule has 0 saturated carbocycles. The second-order valence-corrected chi connectivity index (χ2v) is 7.53. The van der Waals surface area contributed by atoms with Gasteiger partial charge in [0.2, 0.25) is 11.8 Å². The Morgan fingerprint density at radius 1 is 1.14 bits per heavy atom. The largest absolute Gasteiger partial charge is 0.461 e. The van der Waals surface area contributed by atoms with E-state index in [4.69, 9.17) is 4.42 Å². The van der Waals surface area contributed by atoms with Crippen LogP contribution in [0.3, 0.4) is 0 Å². The van der Waals surface area contributed by atoms with Gasteiger partial charge in [0, 0.05) is 23.8 Å². The lowest BCUT2D eigenvalue weighted by Gasteiger charge is -2.10. The Hall–Kier alpha value is -3.07. The van der Waals surface area contributed by atoms with E-state index < -0.39 is 0 Å². The smallest absolute Gasteiger partial charge is 0.234 e. The number of hydrogen-bond donors (Lipinski definition) is 2. The zero-order valence-electron chi connectivity index (χ0n) is 16.5. The van der Waals surface area contributed by atoms with Crippen LogP contribution < -0.4 is 10.6 Å². The molecule has 2 N–H and O–H groups in total. The monoisotopic (exact) mass is 413 g/mol. The third-order valence-corrected chi connectivity index (χ3v) is 5.01. The summed E-state index contributed by atoms with van der Waals surface area (Å²) in [6.07, 6.45) is 1.59. The lowest BCUT2D eigenvalue weighted by Crippen LogP contribution is -2.18. The second kappa shape index (κ2) is 9.42. The maximum atomic E-state index is 12.4. The van der Waals surface area contributed by atoms with Crippen LogP contribution >= 0.6 is 11.8 Å². The first-order valence-electron chi connectivity index (χ1n) is 9.28. The Kier molecular flexibility index (Phi) is 6.71. The number of benzene rings is 1. The molecule has 9 heteroatoms. The summed E-state index contributed by atoms with van der Waals surface area (Å²) in [4.78, 5) is 24.2. The molecule has 0 unspecified atom stereocenters. The van der Waals surface area contributed by atoms with E-state index in [-0.39, 0.29) is 23.5 Å². The molecule has 29 heavy (non-hydrogen) atoms. The van der Waals surface area contributed by atoms with Gasteiger partial charge in [-0.15, -0.1) is 10.2 Å². The third kappa shape index (κ3) is 5.26. The van der Waals surface area contributed by atoms with E-state index in [1.165, 1.54) is 11.8 Å². The molecule has 0 aliphatic heterocycles. The highest BCUT2D eigenvalue weighted by Gasteiger charge is 2.16. The Balaban J connectivity index is 1.60. The van der Waals surface area contributed by atoms with Gasteiger partial charge >= 0.3 is 0 Å². The second-order valence-electron chi connectivity index (χ2n) is 6.59. The van der Waals surface area contributed by atoms with E-state index in [2.05, 4.69) is 20.8 Å². The molecule has 0 bridgehead atoms. The van der Waals surface area contributed by atoms with Crippen LogP contribution in [0.2, 0.25) is 0 Å². The van der Waals surface area contributed by atoms with Crippen molar-refractivity contribution in [2.45, 2.75) is 32.5 Å². The summed E-state index contributed by atoms with van der Waals surface area (Å²) in [5.41, 5.74) is 1.26. The number of furan rings is 1. The van der Waals surface area contributed by atoms with Crippen molar-refractivity contribution >= 4 is 35.0 Å². The molecule has 2 heterocycles. The van der Waals surface area contributed by atoms with Gasteiger partial charge in [-0.25, -0.2) is 0 Å². The number of aromatic nitrogens is 3. The van der Waals surface area contributed by atoms with Crippen LogP contribution in [0.1, 0.15) is 20.8 Å². The Labute approximate surface area is 173 Å². The molecule has 0 fully saturated rings. The first-order chi connectivity index (χ1) is 14.0. The van der Waals surface area contributed by atoms with E-state index in [0.717, 1.165) is 0 Å². The van der Waals surface area contributed by atoms with Crippen molar-refractivity contribution in [2.75, 3.05) is 16.4 Å². The van der Waals surface area contributed by atoms with E-state index in [0.29, 0.717) is 34.7 Å². The van der Waals surface area contributed by atoms with Crippen molar-refractivity contribution in [3.8, 4) is 11.6 Å². The van der Waals surface area contributed by atoms with Crippen molar-refractivity contribution in [2.24, 2.45) is 5.92 Å². The molecule has 2 amide bonds. The molecule has 3 aromatic rings. The molecule has 0 radical (unpaired) electrons. The number of hydrogen-bond acceptors (Lipinski definition) is 6. The normalized spacial score (nSPS) is 10.9. The first-order valence-corrected chi connectivity index (χ1v) is 10.3. The van der Waals surface area contributed by atoms with Crippen LogP contribution in [0.4, 0.5) is 11.4 Å². The zero-order chi connectivity index (χ0) is 20.8. The van der Waals surface area contributed by atoms with Crippen LogP contribution in [-0.2, 0) is 16.1 Å². The van der Waals surface area contributed by atoms with Crippen molar-refractivity contribution in [3.05, 3.63) is 42.7 Å². The number of carbonyl (C=O) groups excluding carboxylic acids is 2. The quantitative estimate of drug-likeness (QED) is 0.543. The molecule has 0 aliphatic carbocycles. The highest BCUT2D eigenvalue weighted by atomic mass is 32.2. The maximum Gasteiger partial charge on any atom is 0.234 e. The summed E-state index contributed by atoms with van der Waals surface area (Å²) in [5, 5.41) is 14.6. The van der Waals surface area contributed by atoms with Crippen molar-refractivity contribution < 1.29 is 14.0 Å². The minimum atomic E-state index is -0.174. The van der Waals surface area contributed by atoms with Crippen LogP contribution in [0.15, 0.2) is 52.2 Å². The first kappa shape index (κ1) is 20.7. The molecule has 0 aliphatic rings. The third-order valence-electron chi connectivity index (χ3n) is 4.05. The SMILES string of the molecule is CCn1c(SCC(=O)Nc2cccc(NC(=O)C(C)C)c2)nnc1-c1ccco1. The number of amides is 2. The lowest BCUT2D eigenvalue weighted by molar-refractivity contribution is -0.119. The van der Waals surface area contributed by atoms with E-state index >= 15 is 0 Å². The van der Waals surface area contributed by atoms with Crippen LogP contribution in [0.5, 0.6) is 0 Å². The van der Waals surface area contributed by atoms with Gasteiger partial charge in [-0.3, -0.25) is 14.2 Å². The average molecular weight is 414 g/mol. The highest BCUT2D eigenvalue weighted by molar-refractivity contribution is 7.99. The fourth-order valence-electron chi connectivity index (χ4n) is 2.56. The molecule has 0 atom stereocenters. The molecule has 0 saturated heterocycles. The van der Waals surface area contributed by atoms with E-state index in [1.54, 1.807) is 36.6 Å². The van der Waals surface area contributed by atoms with Gasteiger partial charge in [-0.1, -0.05) is 31.7 Å². The van der Waals surface area contributed by atoms with Gasteiger partial charge in [0.1, 0.15) is 0 Å². The van der Waals surface area contributed by atoms with Gasteiger partial charge < -0.3 is 15.1 Å². The van der Waals surface area contributed by atoms with Crippen LogP contribution in [0.25, 0.3) is 11.6 Å². The Morgan fingerprint density at radius 2 is 1.90 bits per heavy atom. The van der Waals surface area contributed by atoms with Gasteiger partial charge in [0.05, 0.1) is 12.0 Å². The predicted octanol–water partition coefficient (Wildman–Crippen LogP) is 3.88. The maximum absolute atomic E-state index is 12.4. The van der Waals surface area contributed by atoms with Gasteiger partial charge in [0.15, 0.2) is 16.7 Å². The topological polar surface area (TPSA) is 102 Å². The lowest BCUT2D eigenvalue weighted by atomic mass is 10.2. The molecular weight excluding hydrogens is 390 g/mol. The number of carbonyl (C=O) groups is 2. The highest BCUT2D eigenvalue weighted by Crippen LogP contribution is 2.24. The predicted molar refractivity (Wildman–Crippen MR) is 113 cm³/mol. The molecule has 3 rings (SSSR count). The summed E-state index contributed by atoms with van der Waals surface area (Å²) >= 11 is 1.30. The van der Waals surface area contributed by atoms with E-state index in [1.807, 2.05) is 31.4 Å². The van der Waals surface area contributed by atoms with Crippen molar-refractivity contribution in [1.82, 2.24) is 14.8 Å². The summed E-state index contributed by atoms with van der Waals surface area (Å²) in [5.74, 6) is 1.08. The standard InChI is InChI=1S/C20H23N5O3S/c1-4-25-18(16-9-6-10-28-16)23-24-20(25)29-12-17(26)21-14-7-5-8-15(11-14)22-19(27)13(2)3/h5-11,13H,4,12H2,1-3H3,(H,21,26)(H,22,27). The molecule has 152 valence electrons. The zero-order valence-corrected chi connectivity index (χ0v) is 17.3. The van der Waals surface area contributed by atoms with Crippen molar-refractivity contribution in [3.63, 3.8) is 0 Å². The molecule has 0 spiro atoms. The summed E-state index contributed by atoms with van der Waals surface area (Å²) in [7, 11) is 0. The van der Waals surface area contributed by atoms with Crippen molar-refractivity contribution in [1.29, 1.82) is 0 Å². The fraction of sp³-hybridized carbons (Fsp3) is 0.300. The van der Waals surface area contributed by atoms with E-state index in [9.17, 15) is 9.59 Å². The number of nitrogens with zero attached hydrogens (tertiary/aromatic N) is 3. The van der Waals surface area contributed by atoms with Gasteiger partial charge in [-0.05, 0) is 37.3 Å². The molecule has 1 aromatic carbocycles. The summed E-state index contributed by atoms with van der Waals surface area (Å²) in [6.45, 7) is 6.29. The van der Waals surface area contributed by atoms with Crippen LogP contribution in [0, 0.1) is 5.92 Å². The Bertz CT molecular complexity index is 982. The number of rotatable bonds is 8. The summed E-state index contributed by atoms with van der Waals surface area (Å²) < 4.78 is 7.29. The van der Waals surface area contributed by atoms with Crippen LogP contribution in [-0.4, -0.2) is 32.3 Å². The minimum Gasteiger partial charge on any atom is -0.461 e. The number of thioether (sulfide) groups is 1. The average Bonchev–Trinajstić information content (AvgIpc) is 3.35. The Morgan fingerprint density at radius 3 is 2.55 bits per heavy atom.